The standard InChI is InChI=1S/C10H12BrClO2/c1-2-14-6-10(13)8-5-7(12)3-4-9(8)11/h3-5,10,13H,2,6H2,1H3. The number of ether oxygens (including phenoxy) is 1. The van der Waals surface area contributed by atoms with E-state index in [1.807, 2.05) is 13.0 Å². The summed E-state index contributed by atoms with van der Waals surface area (Å²) in [5, 5.41) is 10.4. The average molecular weight is 280 g/mol. The predicted octanol–water partition coefficient (Wildman–Crippen LogP) is 3.17. The summed E-state index contributed by atoms with van der Waals surface area (Å²) in [6.45, 7) is 2.77. The van der Waals surface area contributed by atoms with Gasteiger partial charge >= 0.3 is 0 Å². The van der Waals surface area contributed by atoms with Crippen molar-refractivity contribution in [2.45, 2.75) is 13.0 Å². The van der Waals surface area contributed by atoms with Gasteiger partial charge in [0.25, 0.3) is 0 Å². The molecule has 0 radical (unpaired) electrons. The van der Waals surface area contributed by atoms with E-state index in [-0.39, 0.29) is 6.61 Å². The van der Waals surface area contributed by atoms with Gasteiger partial charge in [-0.05, 0) is 30.7 Å². The van der Waals surface area contributed by atoms with Crippen molar-refractivity contribution >= 4 is 27.5 Å². The van der Waals surface area contributed by atoms with E-state index in [0.717, 1.165) is 10.0 Å². The number of rotatable bonds is 4. The molecule has 0 amide bonds. The number of halogens is 2. The van der Waals surface area contributed by atoms with Crippen LogP contribution in [0.2, 0.25) is 5.02 Å². The fraction of sp³-hybridized carbons (Fsp3) is 0.400. The molecule has 1 N–H and O–H groups in total. The van der Waals surface area contributed by atoms with Crippen LogP contribution >= 0.6 is 27.5 Å². The minimum absolute atomic E-state index is 0.287. The highest BCUT2D eigenvalue weighted by Crippen LogP contribution is 2.26. The number of aliphatic hydroxyl groups excluding tert-OH is 1. The van der Waals surface area contributed by atoms with Crippen LogP contribution in [-0.4, -0.2) is 18.3 Å². The molecule has 2 nitrogen and oxygen atoms in total. The lowest BCUT2D eigenvalue weighted by Gasteiger charge is -2.12. The van der Waals surface area contributed by atoms with E-state index in [1.165, 1.54) is 0 Å². The molecule has 1 aromatic carbocycles. The SMILES string of the molecule is CCOCC(O)c1cc(Cl)ccc1Br. The van der Waals surface area contributed by atoms with Crippen LogP contribution in [0.15, 0.2) is 22.7 Å². The van der Waals surface area contributed by atoms with Gasteiger partial charge < -0.3 is 9.84 Å². The summed E-state index contributed by atoms with van der Waals surface area (Å²) in [5.74, 6) is 0. The maximum Gasteiger partial charge on any atom is 0.103 e. The average Bonchev–Trinajstić information content (AvgIpc) is 2.18. The second kappa shape index (κ2) is 5.71. The molecule has 0 aliphatic rings. The van der Waals surface area contributed by atoms with Crippen molar-refractivity contribution in [1.29, 1.82) is 0 Å². The van der Waals surface area contributed by atoms with E-state index in [1.54, 1.807) is 12.1 Å². The van der Waals surface area contributed by atoms with Gasteiger partial charge in [0.1, 0.15) is 6.10 Å². The lowest BCUT2D eigenvalue weighted by atomic mass is 10.1. The summed E-state index contributed by atoms with van der Waals surface area (Å²) in [7, 11) is 0. The van der Waals surface area contributed by atoms with Crippen molar-refractivity contribution in [3.05, 3.63) is 33.3 Å². The zero-order valence-corrected chi connectivity index (χ0v) is 10.2. The Labute approximate surface area is 97.0 Å². The van der Waals surface area contributed by atoms with E-state index >= 15 is 0 Å². The van der Waals surface area contributed by atoms with E-state index in [0.29, 0.717) is 11.6 Å². The fourth-order valence-corrected chi connectivity index (χ4v) is 1.78. The minimum Gasteiger partial charge on any atom is -0.386 e. The third-order valence-corrected chi connectivity index (χ3v) is 2.75. The molecule has 1 atom stereocenters. The van der Waals surface area contributed by atoms with Crippen LogP contribution in [0.5, 0.6) is 0 Å². The first kappa shape index (κ1) is 12.0. The summed E-state index contributed by atoms with van der Waals surface area (Å²) in [6.07, 6.45) is -0.636. The monoisotopic (exact) mass is 278 g/mol. The fourth-order valence-electron chi connectivity index (χ4n) is 1.09. The Morgan fingerprint density at radius 2 is 2.29 bits per heavy atom. The van der Waals surface area contributed by atoms with Gasteiger partial charge in [-0.1, -0.05) is 27.5 Å². The lowest BCUT2D eigenvalue weighted by Crippen LogP contribution is -2.07. The van der Waals surface area contributed by atoms with Crippen molar-refractivity contribution in [1.82, 2.24) is 0 Å². The van der Waals surface area contributed by atoms with Crippen LogP contribution in [0.1, 0.15) is 18.6 Å². The van der Waals surface area contributed by atoms with E-state index < -0.39 is 6.10 Å². The van der Waals surface area contributed by atoms with Crippen LogP contribution < -0.4 is 0 Å². The summed E-state index contributed by atoms with van der Waals surface area (Å²) < 4.78 is 5.97. The number of aliphatic hydroxyl groups is 1. The Bertz CT molecular complexity index is 304. The first-order valence-corrected chi connectivity index (χ1v) is 5.53. The van der Waals surface area contributed by atoms with Crippen molar-refractivity contribution in [2.24, 2.45) is 0 Å². The summed E-state index contributed by atoms with van der Waals surface area (Å²) in [6, 6.07) is 5.31. The second-order valence-electron chi connectivity index (χ2n) is 2.84. The molecule has 14 heavy (non-hydrogen) atoms. The molecule has 0 spiro atoms. The van der Waals surface area contributed by atoms with Gasteiger partial charge in [-0.15, -0.1) is 0 Å². The molecule has 78 valence electrons. The zero-order valence-electron chi connectivity index (χ0n) is 7.84. The number of hydrogen-bond acceptors (Lipinski definition) is 2. The lowest BCUT2D eigenvalue weighted by molar-refractivity contribution is 0.0416. The molecular formula is C10H12BrClO2. The summed E-state index contributed by atoms with van der Waals surface area (Å²) >= 11 is 9.17. The molecule has 0 aromatic heterocycles. The van der Waals surface area contributed by atoms with E-state index in [9.17, 15) is 5.11 Å². The smallest absolute Gasteiger partial charge is 0.103 e. The molecule has 0 aliphatic carbocycles. The highest BCUT2D eigenvalue weighted by Gasteiger charge is 2.11. The van der Waals surface area contributed by atoms with Gasteiger partial charge in [0.15, 0.2) is 0 Å². The Hall–Kier alpha value is -0.0900. The Morgan fingerprint density at radius 1 is 1.57 bits per heavy atom. The van der Waals surface area contributed by atoms with Crippen molar-refractivity contribution < 1.29 is 9.84 Å². The van der Waals surface area contributed by atoms with Gasteiger partial charge in [0, 0.05) is 16.1 Å². The highest BCUT2D eigenvalue weighted by atomic mass is 79.9. The maximum absolute atomic E-state index is 9.74. The number of benzene rings is 1. The first-order valence-electron chi connectivity index (χ1n) is 4.36. The first-order chi connectivity index (χ1) is 6.65. The third kappa shape index (κ3) is 3.24. The van der Waals surface area contributed by atoms with Crippen LogP contribution in [0.3, 0.4) is 0 Å². The van der Waals surface area contributed by atoms with Crippen LogP contribution in [0.25, 0.3) is 0 Å². The summed E-state index contributed by atoms with van der Waals surface area (Å²) in [5.41, 5.74) is 0.756. The molecule has 0 saturated heterocycles. The molecule has 1 unspecified atom stereocenters. The van der Waals surface area contributed by atoms with E-state index in [2.05, 4.69) is 15.9 Å². The van der Waals surface area contributed by atoms with Gasteiger partial charge in [-0.2, -0.15) is 0 Å². The number of hydrogen-bond donors (Lipinski definition) is 1. The molecule has 0 fully saturated rings. The molecule has 0 bridgehead atoms. The van der Waals surface area contributed by atoms with Gasteiger partial charge in [-0.25, -0.2) is 0 Å². The van der Waals surface area contributed by atoms with Crippen LogP contribution in [-0.2, 0) is 4.74 Å². The highest BCUT2D eigenvalue weighted by molar-refractivity contribution is 9.10. The molecule has 0 saturated carbocycles. The van der Waals surface area contributed by atoms with Crippen molar-refractivity contribution in [2.75, 3.05) is 13.2 Å². The van der Waals surface area contributed by atoms with Gasteiger partial charge in [-0.3, -0.25) is 0 Å². The second-order valence-corrected chi connectivity index (χ2v) is 4.13. The quantitative estimate of drug-likeness (QED) is 0.917. The van der Waals surface area contributed by atoms with Gasteiger partial charge in [0.2, 0.25) is 0 Å². The Balaban J connectivity index is 2.77. The van der Waals surface area contributed by atoms with E-state index in [4.69, 9.17) is 16.3 Å². The predicted molar refractivity (Wildman–Crippen MR) is 60.6 cm³/mol. The third-order valence-electron chi connectivity index (χ3n) is 1.80. The van der Waals surface area contributed by atoms with Crippen LogP contribution in [0.4, 0.5) is 0 Å². The largest absolute Gasteiger partial charge is 0.386 e. The molecule has 0 aliphatic heterocycles. The Kier molecular flexibility index (Phi) is 4.89. The normalized spacial score (nSPS) is 12.9. The van der Waals surface area contributed by atoms with Crippen LogP contribution in [0, 0.1) is 0 Å². The summed E-state index contributed by atoms with van der Waals surface area (Å²) in [4.78, 5) is 0. The molecule has 4 heteroatoms. The molecule has 1 rings (SSSR count). The molecule has 0 heterocycles. The zero-order chi connectivity index (χ0) is 10.6. The minimum atomic E-state index is -0.636. The van der Waals surface area contributed by atoms with Crippen molar-refractivity contribution in [3.63, 3.8) is 0 Å². The maximum atomic E-state index is 9.74. The topological polar surface area (TPSA) is 29.5 Å². The molecular weight excluding hydrogens is 267 g/mol. The van der Waals surface area contributed by atoms with Gasteiger partial charge in [0.05, 0.1) is 6.61 Å². The molecule has 1 aromatic rings. The van der Waals surface area contributed by atoms with Crippen molar-refractivity contribution in [3.8, 4) is 0 Å². The Morgan fingerprint density at radius 3 is 2.93 bits per heavy atom.